The molecule has 0 bridgehead atoms. The Kier molecular flexibility index (Phi) is 4.44. The number of hydrogen-bond donors (Lipinski definition) is 1. The average Bonchev–Trinajstić information content (AvgIpc) is 2.88. The van der Waals surface area contributed by atoms with Crippen molar-refractivity contribution in [3.05, 3.63) is 23.8 Å². The summed E-state index contributed by atoms with van der Waals surface area (Å²) in [6.07, 6.45) is 5.19. The van der Waals surface area contributed by atoms with Crippen LogP contribution in [0.2, 0.25) is 0 Å². The Bertz CT molecular complexity index is 789. The van der Waals surface area contributed by atoms with Crippen LogP contribution in [0.25, 0.3) is 0 Å². The Morgan fingerprint density at radius 3 is 2.38 bits per heavy atom. The van der Waals surface area contributed by atoms with Crippen LogP contribution in [-0.4, -0.2) is 36.6 Å². The number of rotatable bonds is 4. The highest BCUT2D eigenvalue weighted by Gasteiger charge is 2.25. The molecule has 130 valence electrons. The molecule has 1 aliphatic rings. The molecule has 8 nitrogen and oxygen atoms in total. The van der Waals surface area contributed by atoms with Gasteiger partial charge in [0.1, 0.15) is 5.69 Å². The minimum atomic E-state index is -3.78. The predicted molar refractivity (Wildman–Crippen MR) is 89.4 cm³/mol. The lowest BCUT2D eigenvalue weighted by Crippen LogP contribution is -2.34. The lowest BCUT2D eigenvalue weighted by molar-refractivity contribution is 0.390. The summed E-state index contributed by atoms with van der Waals surface area (Å²) in [6.45, 7) is 7.23. The first-order valence-corrected chi connectivity index (χ1v) is 9.38. The van der Waals surface area contributed by atoms with Gasteiger partial charge in [-0.15, -0.1) is 0 Å². The third-order valence-corrected chi connectivity index (χ3v) is 5.82. The Morgan fingerprint density at radius 1 is 1.21 bits per heavy atom. The van der Waals surface area contributed by atoms with Gasteiger partial charge in [0, 0.05) is 13.1 Å². The second kappa shape index (κ2) is 6.39. The molecule has 1 saturated heterocycles. The Morgan fingerprint density at radius 2 is 1.83 bits per heavy atom. The molecule has 1 aliphatic heterocycles. The van der Waals surface area contributed by atoms with Crippen LogP contribution in [0.4, 0.5) is 11.6 Å². The van der Waals surface area contributed by atoms with Crippen LogP contribution >= 0.6 is 0 Å². The number of sulfonamides is 1. The number of aryl methyl sites for hydroxylation is 2. The third-order valence-electron chi connectivity index (χ3n) is 4.19. The fraction of sp³-hybridized carbons (Fsp3) is 0.533. The molecule has 3 rings (SSSR count). The summed E-state index contributed by atoms with van der Waals surface area (Å²) in [5, 5.41) is 3.67. The molecule has 2 aromatic rings. The molecule has 0 unspecified atom stereocenters. The van der Waals surface area contributed by atoms with Crippen LogP contribution in [0, 0.1) is 19.8 Å². The Hall–Kier alpha value is -2.16. The van der Waals surface area contributed by atoms with E-state index in [0.29, 0.717) is 17.3 Å². The van der Waals surface area contributed by atoms with Crippen molar-refractivity contribution in [2.75, 3.05) is 22.7 Å². The van der Waals surface area contributed by atoms with E-state index < -0.39 is 10.0 Å². The van der Waals surface area contributed by atoms with Gasteiger partial charge in [0.15, 0.2) is 10.7 Å². The maximum atomic E-state index is 12.4. The lowest BCUT2D eigenvalue weighted by atomic mass is 10.00. The molecule has 0 saturated carbocycles. The number of aromatic nitrogens is 3. The number of nitrogens with one attached hydrogen (secondary N) is 1. The zero-order valence-electron chi connectivity index (χ0n) is 14.0. The van der Waals surface area contributed by atoms with Crippen LogP contribution in [-0.2, 0) is 10.0 Å². The van der Waals surface area contributed by atoms with Crippen LogP contribution in [0.3, 0.4) is 0 Å². The van der Waals surface area contributed by atoms with Crippen molar-refractivity contribution in [1.29, 1.82) is 0 Å². The second-order valence-electron chi connectivity index (χ2n) is 6.20. The molecular weight excluding hydrogens is 330 g/mol. The van der Waals surface area contributed by atoms with Gasteiger partial charge >= 0.3 is 0 Å². The van der Waals surface area contributed by atoms with Crippen molar-refractivity contribution in [2.45, 2.75) is 38.5 Å². The van der Waals surface area contributed by atoms with E-state index >= 15 is 0 Å². The molecular formula is C15H21N5O3S. The van der Waals surface area contributed by atoms with E-state index in [4.69, 9.17) is 4.52 Å². The molecule has 1 N–H and O–H groups in total. The number of hydrogen-bond acceptors (Lipinski definition) is 7. The first kappa shape index (κ1) is 16.7. The molecule has 0 atom stereocenters. The summed E-state index contributed by atoms with van der Waals surface area (Å²) in [5.41, 5.74) is 0.629. The summed E-state index contributed by atoms with van der Waals surface area (Å²) in [4.78, 5) is 10.7. The Balaban J connectivity index is 1.75. The van der Waals surface area contributed by atoms with Crippen LogP contribution < -0.4 is 9.62 Å². The van der Waals surface area contributed by atoms with Crippen molar-refractivity contribution >= 4 is 21.7 Å². The molecule has 0 amide bonds. The minimum Gasteiger partial charge on any atom is -0.360 e. The van der Waals surface area contributed by atoms with Crippen molar-refractivity contribution in [3.8, 4) is 0 Å². The maximum Gasteiger partial charge on any atom is 0.267 e. The zero-order chi connectivity index (χ0) is 17.3. The molecule has 0 spiro atoms. The lowest BCUT2D eigenvalue weighted by Gasteiger charge is -2.30. The quantitative estimate of drug-likeness (QED) is 0.900. The van der Waals surface area contributed by atoms with Crippen LogP contribution in [0.1, 0.15) is 31.2 Å². The number of piperidine rings is 1. The predicted octanol–water partition coefficient (Wildman–Crippen LogP) is 2.12. The standard InChI is InChI=1S/C15H21N5O3S/c1-10-4-6-20(7-5-10)15-16-8-13(9-17-15)19-24(21,22)14-11(2)18-23-12(14)3/h8-10,19H,4-7H2,1-3H3. The van der Waals surface area contributed by atoms with E-state index in [9.17, 15) is 8.42 Å². The first-order valence-electron chi connectivity index (χ1n) is 7.89. The van der Waals surface area contributed by atoms with Gasteiger partial charge in [-0.05, 0) is 32.6 Å². The highest BCUT2D eigenvalue weighted by atomic mass is 32.2. The van der Waals surface area contributed by atoms with Gasteiger partial charge in [0.25, 0.3) is 10.0 Å². The molecule has 0 aromatic carbocycles. The summed E-state index contributed by atoms with van der Waals surface area (Å²) in [6, 6.07) is 0. The van der Waals surface area contributed by atoms with E-state index in [0.717, 1.165) is 31.8 Å². The van der Waals surface area contributed by atoms with Gasteiger partial charge in [-0.2, -0.15) is 0 Å². The van der Waals surface area contributed by atoms with Gasteiger partial charge in [-0.1, -0.05) is 12.1 Å². The van der Waals surface area contributed by atoms with Gasteiger partial charge in [-0.25, -0.2) is 18.4 Å². The smallest absolute Gasteiger partial charge is 0.267 e. The highest BCUT2D eigenvalue weighted by molar-refractivity contribution is 7.92. The number of nitrogens with zero attached hydrogens (tertiary/aromatic N) is 4. The van der Waals surface area contributed by atoms with E-state index in [1.54, 1.807) is 13.8 Å². The molecule has 3 heterocycles. The molecule has 0 radical (unpaired) electrons. The van der Waals surface area contributed by atoms with E-state index in [1.807, 2.05) is 0 Å². The average molecular weight is 351 g/mol. The van der Waals surface area contributed by atoms with Crippen molar-refractivity contribution in [3.63, 3.8) is 0 Å². The zero-order valence-corrected chi connectivity index (χ0v) is 14.8. The largest absolute Gasteiger partial charge is 0.360 e. The molecule has 0 aliphatic carbocycles. The normalized spacial score (nSPS) is 16.4. The SMILES string of the molecule is Cc1noc(C)c1S(=O)(=O)Nc1cnc(N2CCC(C)CC2)nc1. The minimum absolute atomic E-state index is 0.0524. The fourth-order valence-corrected chi connectivity index (χ4v) is 4.17. The van der Waals surface area contributed by atoms with Crippen molar-refractivity contribution in [1.82, 2.24) is 15.1 Å². The number of anilines is 2. The highest BCUT2D eigenvalue weighted by Crippen LogP contribution is 2.23. The van der Waals surface area contributed by atoms with E-state index in [1.165, 1.54) is 12.4 Å². The summed E-state index contributed by atoms with van der Waals surface area (Å²) in [5.74, 6) is 1.60. The monoisotopic (exact) mass is 351 g/mol. The summed E-state index contributed by atoms with van der Waals surface area (Å²) in [7, 11) is -3.78. The summed E-state index contributed by atoms with van der Waals surface area (Å²) < 4.78 is 32.3. The van der Waals surface area contributed by atoms with Gasteiger partial charge in [0.05, 0.1) is 18.1 Å². The molecule has 9 heteroatoms. The molecule has 2 aromatic heterocycles. The second-order valence-corrected chi connectivity index (χ2v) is 7.82. The van der Waals surface area contributed by atoms with E-state index in [-0.39, 0.29) is 10.7 Å². The maximum absolute atomic E-state index is 12.4. The van der Waals surface area contributed by atoms with Crippen LogP contribution in [0.15, 0.2) is 21.8 Å². The van der Waals surface area contributed by atoms with Crippen molar-refractivity contribution < 1.29 is 12.9 Å². The van der Waals surface area contributed by atoms with Crippen LogP contribution in [0.5, 0.6) is 0 Å². The van der Waals surface area contributed by atoms with Gasteiger partial charge in [-0.3, -0.25) is 4.72 Å². The third kappa shape index (κ3) is 3.35. The summed E-state index contributed by atoms with van der Waals surface area (Å²) >= 11 is 0. The molecule has 24 heavy (non-hydrogen) atoms. The Labute approximate surface area is 141 Å². The molecule has 1 fully saturated rings. The van der Waals surface area contributed by atoms with Gasteiger partial charge in [0.2, 0.25) is 5.95 Å². The fourth-order valence-electron chi connectivity index (χ4n) is 2.81. The first-order chi connectivity index (χ1) is 11.4. The van der Waals surface area contributed by atoms with E-state index in [2.05, 4.69) is 31.7 Å². The topological polar surface area (TPSA) is 101 Å². The van der Waals surface area contributed by atoms with Crippen molar-refractivity contribution in [2.24, 2.45) is 5.92 Å². The van der Waals surface area contributed by atoms with Gasteiger partial charge < -0.3 is 9.42 Å².